The van der Waals surface area contributed by atoms with E-state index in [1.165, 1.54) is 18.4 Å². The van der Waals surface area contributed by atoms with Gasteiger partial charge in [0.2, 0.25) is 0 Å². The smallest absolute Gasteiger partial charge is 0.169 e. The Morgan fingerprint density at radius 2 is 2.25 bits per heavy atom. The Bertz CT molecular complexity index is 634. The summed E-state index contributed by atoms with van der Waals surface area (Å²) in [5.41, 5.74) is 6.17. The van der Waals surface area contributed by atoms with Crippen LogP contribution in [0.1, 0.15) is 5.56 Å². The SMILES string of the molecule is CS(=O)(=O)C1CSCCN1c1ccc(C(N)=S)cc1F. The molecule has 0 amide bonds. The molecule has 0 saturated carbocycles. The van der Waals surface area contributed by atoms with Gasteiger partial charge in [-0.25, -0.2) is 12.8 Å². The Morgan fingerprint density at radius 3 is 2.80 bits per heavy atom. The standard InChI is InChI=1S/C12H15FN2O2S3/c1-20(16,17)11-7-19-5-4-15(11)10-3-2-8(12(14)18)6-9(10)13/h2-3,6,11H,4-5,7H2,1H3,(H2,14,18). The average molecular weight is 334 g/mol. The van der Waals surface area contributed by atoms with E-state index in [1.54, 1.807) is 22.7 Å². The molecular formula is C12H15FN2O2S3. The lowest BCUT2D eigenvalue weighted by atomic mass is 10.2. The zero-order valence-corrected chi connectivity index (χ0v) is 13.3. The van der Waals surface area contributed by atoms with E-state index in [1.807, 2.05) is 0 Å². The molecule has 0 aromatic heterocycles. The van der Waals surface area contributed by atoms with Crippen LogP contribution in [0, 0.1) is 5.82 Å². The van der Waals surface area contributed by atoms with Crippen LogP contribution in [0.5, 0.6) is 0 Å². The lowest BCUT2D eigenvalue weighted by molar-refractivity contribution is 0.578. The molecular weight excluding hydrogens is 319 g/mol. The molecule has 0 radical (unpaired) electrons. The van der Waals surface area contributed by atoms with Crippen molar-refractivity contribution in [3.8, 4) is 0 Å². The van der Waals surface area contributed by atoms with Crippen molar-refractivity contribution in [3.63, 3.8) is 0 Å². The molecule has 1 aliphatic heterocycles. The Hall–Kier alpha value is -0.860. The molecule has 1 aromatic rings. The van der Waals surface area contributed by atoms with E-state index in [2.05, 4.69) is 0 Å². The van der Waals surface area contributed by atoms with E-state index >= 15 is 0 Å². The summed E-state index contributed by atoms with van der Waals surface area (Å²) < 4.78 is 37.9. The largest absolute Gasteiger partial charge is 0.389 e. The molecule has 1 heterocycles. The van der Waals surface area contributed by atoms with Gasteiger partial charge in [-0.2, -0.15) is 11.8 Å². The molecule has 4 nitrogen and oxygen atoms in total. The maximum absolute atomic E-state index is 14.2. The molecule has 0 bridgehead atoms. The van der Waals surface area contributed by atoms with Crippen LogP contribution in [0.3, 0.4) is 0 Å². The summed E-state index contributed by atoms with van der Waals surface area (Å²) in [6.45, 7) is 0.492. The van der Waals surface area contributed by atoms with Gasteiger partial charge < -0.3 is 10.6 Å². The topological polar surface area (TPSA) is 63.4 Å². The van der Waals surface area contributed by atoms with Crippen molar-refractivity contribution in [1.82, 2.24) is 0 Å². The van der Waals surface area contributed by atoms with Gasteiger partial charge in [0.25, 0.3) is 0 Å². The summed E-state index contributed by atoms with van der Waals surface area (Å²) in [7, 11) is -3.28. The Balaban J connectivity index is 2.40. The number of halogens is 1. The summed E-state index contributed by atoms with van der Waals surface area (Å²) in [6, 6.07) is 4.40. The Morgan fingerprint density at radius 1 is 1.55 bits per heavy atom. The predicted octanol–water partition coefficient (Wildman–Crippen LogP) is 1.38. The Kier molecular flexibility index (Phi) is 4.55. The van der Waals surface area contributed by atoms with Crippen LogP contribution in [0.15, 0.2) is 18.2 Å². The van der Waals surface area contributed by atoms with Gasteiger partial charge in [0.1, 0.15) is 16.2 Å². The highest BCUT2D eigenvalue weighted by atomic mass is 32.2. The second-order valence-electron chi connectivity index (χ2n) is 4.58. The van der Waals surface area contributed by atoms with Gasteiger partial charge in [-0.05, 0) is 18.2 Å². The number of thiocarbonyl (C=S) groups is 1. The molecule has 8 heteroatoms. The summed E-state index contributed by atoms with van der Waals surface area (Å²) in [4.78, 5) is 1.72. The van der Waals surface area contributed by atoms with E-state index in [-0.39, 0.29) is 10.7 Å². The van der Waals surface area contributed by atoms with E-state index in [0.717, 1.165) is 5.75 Å². The van der Waals surface area contributed by atoms with E-state index in [9.17, 15) is 12.8 Å². The fourth-order valence-electron chi connectivity index (χ4n) is 2.10. The first-order chi connectivity index (χ1) is 9.30. The van der Waals surface area contributed by atoms with Crippen LogP contribution in [0.25, 0.3) is 0 Å². The van der Waals surface area contributed by atoms with E-state index in [4.69, 9.17) is 18.0 Å². The number of nitrogens with two attached hydrogens (primary N) is 1. The van der Waals surface area contributed by atoms with Gasteiger partial charge in [-0.1, -0.05) is 12.2 Å². The second-order valence-corrected chi connectivity index (χ2v) is 8.38. The van der Waals surface area contributed by atoms with Crippen molar-refractivity contribution in [2.45, 2.75) is 5.37 Å². The van der Waals surface area contributed by atoms with Gasteiger partial charge >= 0.3 is 0 Å². The van der Waals surface area contributed by atoms with Crippen molar-refractivity contribution in [2.75, 3.05) is 29.2 Å². The van der Waals surface area contributed by atoms with Crippen LogP contribution in [-0.4, -0.2) is 43.1 Å². The molecule has 2 rings (SSSR count). The van der Waals surface area contributed by atoms with Crippen LogP contribution in [0.2, 0.25) is 0 Å². The van der Waals surface area contributed by atoms with Crippen LogP contribution in [0.4, 0.5) is 10.1 Å². The minimum atomic E-state index is -3.28. The van der Waals surface area contributed by atoms with Crippen molar-refractivity contribution in [1.29, 1.82) is 0 Å². The van der Waals surface area contributed by atoms with Gasteiger partial charge in [0.15, 0.2) is 9.84 Å². The quantitative estimate of drug-likeness (QED) is 0.843. The minimum Gasteiger partial charge on any atom is -0.389 e. The van der Waals surface area contributed by atoms with Gasteiger partial charge in [-0.3, -0.25) is 0 Å². The average Bonchev–Trinajstić information content (AvgIpc) is 2.37. The zero-order chi connectivity index (χ0) is 14.9. The van der Waals surface area contributed by atoms with Crippen molar-refractivity contribution < 1.29 is 12.8 Å². The van der Waals surface area contributed by atoms with E-state index < -0.39 is 21.0 Å². The van der Waals surface area contributed by atoms with Crippen molar-refractivity contribution >= 4 is 44.5 Å². The van der Waals surface area contributed by atoms with Gasteiger partial charge in [-0.15, -0.1) is 0 Å². The molecule has 1 unspecified atom stereocenters. The highest BCUT2D eigenvalue weighted by molar-refractivity contribution is 8.01. The number of thioether (sulfide) groups is 1. The zero-order valence-electron chi connectivity index (χ0n) is 10.9. The second kappa shape index (κ2) is 5.87. The number of nitrogens with zero attached hydrogens (tertiary/aromatic N) is 1. The normalized spacial score (nSPS) is 19.9. The third kappa shape index (κ3) is 3.24. The Labute approximate surface area is 127 Å². The highest BCUT2D eigenvalue weighted by Gasteiger charge is 2.32. The number of sulfone groups is 1. The van der Waals surface area contributed by atoms with Crippen LogP contribution in [-0.2, 0) is 9.84 Å². The fourth-order valence-corrected chi connectivity index (χ4v) is 5.06. The first-order valence-corrected chi connectivity index (χ1v) is 9.45. The number of hydrogen-bond donors (Lipinski definition) is 1. The summed E-state index contributed by atoms with van der Waals surface area (Å²) in [5, 5.41) is -0.702. The highest BCUT2D eigenvalue weighted by Crippen LogP contribution is 2.29. The molecule has 1 fully saturated rings. The molecule has 0 aliphatic carbocycles. The fraction of sp³-hybridized carbons (Fsp3) is 0.417. The first-order valence-electron chi connectivity index (χ1n) is 5.93. The first kappa shape index (κ1) is 15.5. The van der Waals surface area contributed by atoms with E-state index in [0.29, 0.717) is 17.9 Å². The van der Waals surface area contributed by atoms with Gasteiger partial charge in [0.05, 0.1) is 5.69 Å². The lowest BCUT2D eigenvalue weighted by Crippen LogP contribution is -2.47. The van der Waals surface area contributed by atoms with Crippen molar-refractivity contribution in [2.24, 2.45) is 5.73 Å². The number of benzene rings is 1. The third-order valence-corrected chi connectivity index (χ3v) is 6.00. The number of anilines is 1. The van der Waals surface area contributed by atoms with Gasteiger partial charge in [0, 0.05) is 29.9 Å². The molecule has 2 N–H and O–H groups in total. The van der Waals surface area contributed by atoms with Crippen LogP contribution >= 0.6 is 24.0 Å². The molecule has 0 spiro atoms. The maximum atomic E-state index is 14.2. The molecule has 20 heavy (non-hydrogen) atoms. The van der Waals surface area contributed by atoms with Crippen molar-refractivity contribution in [3.05, 3.63) is 29.6 Å². The lowest BCUT2D eigenvalue weighted by Gasteiger charge is -2.36. The number of hydrogen-bond acceptors (Lipinski definition) is 5. The third-order valence-electron chi connectivity index (χ3n) is 3.12. The summed E-state index contributed by atoms with van der Waals surface area (Å²) in [6.07, 6.45) is 1.18. The summed E-state index contributed by atoms with van der Waals surface area (Å²) >= 11 is 6.36. The number of rotatable bonds is 3. The monoisotopic (exact) mass is 334 g/mol. The molecule has 1 aromatic carbocycles. The molecule has 1 aliphatic rings. The molecule has 1 atom stereocenters. The minimum absolute atomic E-state index is 0.115. The summed E-state index contributed by atoms with van der Waals surface area (Å²) in [5.74, 6) is 0.702. The maximum Gasteiger partial charge on any atom is 0.169 e. The molecule has 1 saturated heterocycles. The predicted molar refractivity (Wildman–Crippen MR) is 85.6 cm³/mol. The van der Waals surface area contributed by atoms with Crippen LogP contribution < -0.4 is 10.6 Å². The molecule has 110 valence electrons.